The molecule has 3 aromatic rings. The maximum Gasteiger partial charge on any atom is 0.261 e. The van der Waals surface area contributed by atoms with Gasteiger partial charge >= 0.3 is 0 Å². The minimum absolute atomic E-state index is 0.0618. The Labute approximate surface area is 155 Å². The fraction of sp³-hybridized carbons (Fsp3) is 0.261. The van der Waals surface area contributed by atoms with Gasteiger partial charge in [0.1, 0.15) is 5.75 Å². The summed E-state index contributed by atoms with van der Waals surface area (Å²) in [5.74, 6) is 0.654. The summed E-state index contributed by atoms with van der Waals surface area (Å²) < 4.78 is 6.08. The zero-order chi connectivity index (χ0) is 18.5. The van der Waals surface area contributed by atoms with Crippen molar-refractivity contribution in [1.82, 2.24) is 5.32 Å². The minimum atomic E-state index is -0.520. The Morgan fingerprint density at radius 1 is 1.00 bits per heavy atom. The molecule has 0 unspecified atom stereocenters. The van der Waals surface area contributed by atoms with E-state index in [4.69, 9.17) is 4.74 Å². The van der Waals surface area contributed by atoms with Crippen LogP contribution in [-0.2, 0) is 4.79 Å². The van der Waals surface area contributed by atoms with Crippen molar-refractivity contribution in [2.24, 2.45) is 0 Å². The first-order valence-electron chi connectivity index (χ1n) is 9.10. The quantitative estimate of drug-likeness (QED) is 0.667. The van der Waals surface area contributed by atoms with E-state index in [1.54, 1.807) is 0 Å². The third kappa shape index (κ3) is 4.05. The first kappa shape index (κ1) is 18.0. The Morgan fingerprint density at radius 3 is 2.42 bits per heavy atom. The zero-order valence-corrected chi connectivity index (χ0v) is 15.5. The highest BCUT2D eigenvalue weighted by molar-refractivity contribution is 5.89. The van der Waals surface area contributed by atoms with Crippen LogP contribution >= 0.6 is 0 Å². The molecule has 0 aliphatic rings. The predicted octanol–water partition coefficient (Wildman–Crippen LogP) is 5.18. The number of hydrogen-bond acceptors (Lipinski definition) is 2. The predicted molar refractivity (Wildman–Crippen MR) is 106 cm³/mol. The van der Waals surface area contributed by atoms with Crippen LogP contribution < -0.4 is 10.1 Å². The van der Waals surface area contributed by atoms with Gasteiger partial charge in [0.15, 0.2) is 6.10 Å². The summed E-state index contributed by atoms with van der Waals surface area (Å²) in [7, 11) is 0. The van der Waals surface area contributed by atoms with Gasteiger partial charge in [0.05, 0.1) is 6.04 Å². The molecule has 3 rings (SSSR count). The Kier molecular flexibility index (Phi) is 5.57. The molecule has 2 atom stereocenters. The monoisotopic (exact) mass is 347 g/mol. The Balaban J connectivity index is 1.73. The average molecular weight is 347 g/mol. The largest absolute Gasteiger partial charge is 0.480 e. The van der Waals surface area contributed by atoms with Gasteiger partial charge in [-0.3, -0.25) is 4.79 Å². The van der Waals surface area contributed by atoms with Gasteiger partial charge in [0.25, 0.3) is 5.91 Å². The molecule has 0 saturated carbocycles. The smallest absolute Gasteiger partial charge is 0.261 e. The fourth-order valence-corrected chi connectivity index (χ4v) is 3.02. The van der Waals surface area contributed by atoms with E-state index in [9.17, 15) is 4.79 Å². The molecule has 0 heterocycles. The number of ether oxygens (including phenoxy) is 1. The number of aryl methyl sites for hydroxylation is 1. The molecule has 0 aliphatic carbocycles. The SMILES string of the molecule is CC[C@H](Oc1cccc2ccccc12)C(=O)N[C@@H](C)c1ccc(C)cc1. The van der Waals surface area contributed by atoms with E-state index < -0.39 is 6.10 Å². The van der Waals surface area contributed by atoms with Crippen LogP contribution in [0.5, 0.6) is 5.75 Å². The number of fused-ring (bicyclic) bond motifs is 1. The molecule has 3 aromatic carbocycles. The Hall–Kier alpha value is -2.81. The lowest BCUT2D eigenvalue weighted by Crippen LogP contribution is -2.39. The zero-order valence-electron chi connectivity index (χ0n) is 15.5. The lowest BCUT2D eigenvalue weighted by molar-refractivity contribution is -0.128. The Bertz CT molecular complexity index is 881. The van der Waals surface area contributed by atoms with Gasteiger partial charge in [-0.15, -0.1) is 0 Å². The average Bonchev–Trinajstić information content (AvgIpc) is 2.66. The lowest BCUT2D eigenvalue weighted by Gasteiger charge is -2.21. The second kappa shape index (κ2) is 8.05. The molecule has 0 saturated heterocycles. The van der Waals surface area contributed by atoms with Gasteiger partial charge in [-0.2, -0.15) is 0 Å². The molecule has 26 heavy (non-hydrogen) atoms. The number of benzene rings is 3. The molecule has 0 bridgehead atoms. The highest BCUT2D eigenvalue weighted by Gasteiger charge is 2.21. The molecule has 134 valence electrons. The van der Waals surface area contributed by atoms with Crippen LogP contribution in [0.2, 0.25) is 0 Å². The summed E-state index contributed by atoms with van der Waals surface area (Å²) in [5, 5.41) is 5.20. The van der Waals surface area contributed by atoms with Crippen LogP contribution in [0.25, 0.3) is 10.8 Å². The van der Waals surface area contributed by atoms with Crippen molar-refractivity contribution in [1.29, 1.82) is 0 Å². The van der Waals surface area contributed by atoms with Crippen molar-refractivity contribution in [2.45, 2.75) is 39.3 Å². The van der Waals surface area contributed by atoms with Crippen LogP contribution in [0.3, 0.4) is 0 Å². The van der Waals surface area contributed by atoms with E-state index in [1.165, 1.54) is 5.56 Å². The van der Waals surface area contributed by atoms with Gasteiger partial charge in [-0.1, -0.05) is 73.2 Å². The first-order valence-corrected chi connectivity index (χ1v) is 9.10. The van der Waals surface area contributed by atoms with Crippen LogP contribution in [0.4, 0.5) is 0 Å². The summed E-state index contributed by atoms with van der Waals surface area (Å²) in [6, 6.07) is 22.1. The first-order chi connectivity index (χ1) is 12.6. The van der Waals surface area contributed by atoms with Gasteiger partial charge < -0.3 is 10.1 Å². The fourth-order valence-electron chi connectivity index (χ4n) is 3.02. The van der Waals surface area contributed by atoms with Crippen molar-refractivity contribution >= 4 is 16.7 Å². The van der Waals surface area contributed by atoms with Gasteiger partial charge in [0.2, 0.25) is 0 Å². The molecular formula is C23H25NO2. The third-order valence-corrected chi connectivity index (χ3v) is 4.62. The van der Waals surface area contributed by atoms with Crippen LogP contribution in [-0.4, -0.2) is 12.0 Å². The number of carbonyl (C=O) groups excluding carboxylic acids is 1. The van der Waals surface area contributed by atoms with E-state index in [2.05, 4.69) is 24.4 Å². The molecule has 1 amide bonds. The highest BCUT2D eigenvalue weighted by atomic mass is 16.5. The van der Waals surface area contributed by atoms with Gasteiger partial charge in [0, 0.05) is 5.39 Å². The summed E-state index contributed by atoms with van der Waals surface area (Å²) in [6.45, 7) is 6.01. The number of rotatable bonds is 6. The minimum Gasteiger partial charge on any atom is -0.480 e. The molecule has 0 fully saturated rings. The molecular weight excluding hydrogens is 322 g/mol. The van der Waals surface area contributed by atoms with E-state index >= 15 is 0 Å². The summed E-state index contributed by atoms with van der Waals surface area (Å²) >= 11 is 0. The molecule has 0 aliphatic heterocycles. The maximum absolute atomic E-state index is 12.7. The second-order valence-electron chi connectivity index (χ2n) is 6.63. The van der Waals surface area contributed by atoms with E-state index in [1.807, 2.05) is 68.4 Å². The van der Waals surface area contributed by atoms with Crippen molar-refractivity contribution in [3.05, 3.63) is 77.9 Å². The lowest BCUT2D eigenvalue weighted by atomic mass is 10.1. The molecule has 3 heteroatoms. The van der Waals surface area contributed by atoms with E-state index in [0.29, 0.717) is 6.42 Å². The molecule has 1 N–H and O–H groups in total. The Morgan fingerprint density at radius 2 is 1.69 bits per heavy atom. The maximum atomic E-state index is 12.7. The van der Waals surface area contributed by atoms with Crippen molar-refractivity contribution < 1.29 is 9.53 Å². The normalized spacial score (nSPS) is 13.2. The molecule has 0 radical (unpaired) electrons. The van der Waals surface area contributed by atoms with Gasteiger partial charge in [-0.25, -0.2) is 0 Å². The second-order valence-corrected chi connectivity index (χ2v) is 6.63. The number of carbonyl (C=O) groups is 1. The van der Waals surface area contributed by atoms with Crippen molar-refractivity contribution in [2.75, 3.05) is 0 Å². The molecule has 3 nitrogen and oxygen atoms in total. The number of hydrogen-bond donors (Lipinski definition) is 1. The van der Waals surface area contributed by atoms with Gasteiger partial charge in [-0.05, 0) is 37.3 Å². The number of amides is 1. The summed E-state index contributed by atoms with van der Waals surface area (Å²) in [6.07, 6.45) is 0.0871. The summed E-state index contributed by atoms with van der Waals surface area (Å²) in [4.78, 5) is 12.7. The molecule has 0 aromatic heterocycles. The topological polar surface area (TPSA) is 38.3 Å². The van der Waals surface area contributed by atoms with E-state index in [0.717, 1.165) is 22.1 Å². The highest BCUT2D eigenvalue weighted by Crippen LogP contribution is 2.26. The standard InChI is InChI=1S/C23H25NO2/c1-4-21(23(25)24-17(3)18-14-12-16(2)13-15-18)26-22-11-7-9-19-8-5-6-10-20(19)22/h5-15,17,21H,4H2,1-3H3,(H,24,25)/t17-,21-/m0/s1. The van der Waals surface area contributed by atoms with Crippen molar-refractivity contribution in [3.8, 4) is 5.75 Å². The summed E-state index contributed by atoms with van der Waals surface area (Å²) in [5.41, 5.74) is 2.29. The van der Waals surface area contributed by atoms with Crippen LogP contribution in [0.1, 0.15) is 37.4 Å². The van der Waals surface area contributed by atoms with E-state index in [-0.39, 0.29) is 11.9 Å². The third-order valence-electron chi connectivity index (χ3n) is 4.62. The van der Waals surface area contributed by atoms with Crippen LogP contribution in [0.15, 0.2) is 66.7 Å². The van der Waals surface area contributed by atoms with Crippen molar-refractivity contribution in [3.63, 3.8) is 0 Å². The number of nitrogens with one attached hydrogen (secondary N) is 1. The molecule has 0 spiro atoms. The van der Waals surface area contributed by atoms with Crippen LogP contribution in [0, 0.1) is 6.92 Å².